The number of aryl methyl sites for hydroxylation is 1. The number of methoxy groups -OCH3 is 1. The highest BCUT2D eigenvalue weighted by Gasteiger charge is 2.66. The molecule has 4 saturated carbocycles. The molecule has 0 aliphatic heterocycles. The number of aliphatic hydroxyl groups is 2. The molecule has 2 N–H and O–H groups in total. The maximum Gasteiger partial charge on any atom is 0.128 e. The summed E-state index contributed by atoms with van der Waals surface area (Å²) in [7, 11) is 1.93. The van der Waals surface area contributed by atoms with E-state index in [1.807, 2.05) is 25.4 Å². The number of para-hydroxylation sites is 1. The van der Waals surface area contributed by atoms with Gasteiger partial charge in [0.25, 0.3) is 0 Å². The normalized spacial score (nSPS) is 43.3. The Hall–Kier alpha value is -1.56. The van der Waals surface area contributed by atoms with Crippen LogP contribution in [0.25, 0.3) is 10.9 Å². The standard InChI is InChI=1S/C33H48N2O3/c1-5-20(10-13-30-34-19-21-8-6-7-9-27(21)35-30)24-11-12-25-31-26(18-29(38-4)33(24,25)3)32(2)15-14-23(36)16-22(32)17-28(31)37/h6-9,19-20,22-26,28-29,31,36-37H,5,10-18H2,1-4H3/t20-,22+,23-,24-,25+,26?,28-,29+,31+,32+,33-/m1/s1. The molecule has 4 aliphatic rings. The summed E-state index contributed by atoms with van der Waals surface area (Å²) in [6.45, 7) is 7.35. The minimum Gasteiger partial charge on any atom is -0.393 e. The summed E-state index contributed by atoms with van der Waals surface area (Å²) in [5.74, 6) is 3.91. The van der Waals surface area contributed by atoms with Gasteiger partial charge in [0.15, 0.2) is 0 Å². The number of benzene rings is 1. The van der Waals surface area contributed by atoms with Crippen molar-refractivity contribution in [3.63, 3.8) is 0 Å². The van der Waals surface area contributed by atoms with Gasteiger partial charge in [-0.2, -0.15) is 0 Å². The molecule has 0 spiro atoms. The topological polar surface area (TPSA) is 75.5 Å². The van der Waals surface area contributed by atoms with Gasteiger partial charge in [0, 0.05) is 30.5 Å². The van der Waals surface area contributed by atoms with Crippen LogP contribution < -0.4 is 0 Å². The fourth-order valence-electron chi connectivity index (χ4n) is 10.4. The van der Waals surface area contributed by atoms with E-state index in [4.69, 9.17) is 14.7 Å². The summed E-state index contributed by atoms with van der Waals surface area (Å²) in [6.07, 6.45) is 12.1. The molecular weight excluding hydrogens is 472 g/mol. The maximum atomic E-state index is 11.6. The number of nitrogens with zero attached hydrogens (tertiary/aromatic N) is 2. The van der Waals surface area contributed by atoms with Gasteiger partial charge in [-0.05, 0) is 98.4 Å². The Bertz CT molecular complexity index is 1140. The zero-order valence-electron chi connectivity index (χ0n) is 23.9. The molecule has 4 aliphatic carbocycles. The Labute approximate surface area is 228 Å². The number of fused-ring (bicyclic) bond motifs is 6. The predicted octanol–water partition coefficient (Wildman–Crippen LogP) is 6.20. The predicted molar refractivity (Wildman–Crippen MR) is 150 cm³/mol. The van der Waals surface area contributed by atoms with Crippen molar-refractivity contribution in [2.45, 2.75) is 103 Å². The van der Waals surface area contributed by atoms with Crippen molar-refractivity contribution in [2.75, 3.05) is 7.11 Å². The minimum absolute atomic E-state index is 0.0825. The largest absolute Gasteiger partial charge is 0.393 e. The number of aliphatic hydroxyl groups excluding tert-OH is 2. The molecule has 5 nitrogen and oxygen atoms in total. The molecule has 1 unspecified atom stereocenters. The average Bonchev–Trinajstić information content (AvgIpc) is 3.27. The van der Waals surface area contributed by atoms with Crippen LogP contribution in [-0.4, -0.2) is 45.6 Å². The van der Waals surface area contributed by atoms with Gasteiger partial charge in [0.05, 0.1) is 23.8 Å². The fraction of sp³-hybridized carbons (Fsp3) is 0.758. The number of ether oxygens (including phenoxy) is 1. The van der Waals surface area contributed by atoms with Crippen LogP contribution in [0.5, 0.6) is 0 Å². The first-order valence-corrected chi connectivity index (χ1v) is 15.4. The van der Waals surface area contributed by atoms with E-state index in [2.05, 4.69) is 32.9 Å². The van der Waals surface area contributed by atoms with Crippen LogP contribution in [0.15, 0.2) is 30.5 Å². The monoisotopic (exact) mass is 520 g/mol. The van der Waals surface area contributed by atoms with E-state index in [0.717, 1.165) is 68.1 Å². The second-order valence-corrected chi connectivity index (χ2v) is 13.8. The smallest absolute Gasteiger partial charge is 0.128 e. The van der Waals surface area contributed by atoms with Crippen molar-refractivity contribution in [3.8, 4) is 0 Å². The molecule has 5 heteroatoms. The maximum absolute atomic E-state index is 11.6. The Balaban J connectivity index is 1.25. The third kappa shape index (κ3) is 4.14. The molecule has 1 aromatic heterocycles. The summed E-state index contributed by atoms with van der Waals surface area (Å²) in [4.78, 5) is 9.56. The van der Waals surface area contributed by atoms with Gasteiger partial charge in [-0.15, -0.1) is 0 Å². The highest BCUT2D eigenvalue weighted by atomic mass is 16.5. The van der Waals surface area contributed by atoms with Gasteiger partial charge in [0.1, 0.15) is 5.82 Å². The van der Waals surface area contributed by atoms with E-state index in [-0.39, 0.29) is 29.1 Å². The first kappa shape index (κ1) is 26.7. The van der Waals surface area contributed by atoms with Crippen LogP contribution in [0.1, 0.15) is 84.4 Å². The van der Waals surface area contributed by atoms with Crippen LogP contribution in [0.4, 0.5) is 0 Å². The Morgan fingerprint density at radius 1 is 1.05 bits per heavy atom. The zero-order chi connectivity index (χ0) is 26.7. The fourth-order valence-corrected chi connectivity index (χ4v) is 10.4. The molecule has 2 aromatic rings. The summed E-state index contributed by atoms with van der Waals surface area (Å²) in [5, 5.41) is 23.2. The molecule has 4 fully saturated rings. The number of aromatic nitrogens is 2. The van der Waals surface area contributed by atoms with Gasteiger partial charge >= 0.3 is 0 Å². The van der Waals surface area contributed by atoms with E-state index in [1.54, 1.807) is 0 Å². The lowest BCUT2D eigenvalue weighted by molar-refractivity contribution is -0.213. The second-order valence-electron chi connectivity index (χ2n) is 13.8. The Kier molecular flexibility index (Phi) is 7.10. The first-order chi connectivity index (χ1) is 18.3. The molecule has 0 radical (unpaired) electrons. The van der Waals surface area contributed by atoms with E-state index in [0.29, 0.717) is 35.5 Å². The molecular formula is C33H48N2O3. The first-order valence-electron chi connectivity index (χ1n) is 15.4. The average molecular weight is 521 g/mol. The van der Waals surface area contributed by atoms with Gasteiger partial charge in [0.2, 0.25) is 0 Å². The lowest BCUT2D eigenvalue weighted by atomic mass is 9.43. The molecule has 1 aromatic carbocycles. The molecule has 0 saturated heterocycles. The van der Waals surface area contributed by atoms with Crippen molar-refractivity contribution in [3.05, 3.63) is 36.3 Å². The van der Waals surface area contributed by atoms with Gasteiger partial charge in [-0.25, -0.2) is 9.97 Å². The van der Waals surface area contributed by atoms with Crippen molar-refractivity contribution >= 4 is 10.9 Å². The van der Waals surface area contributed by atoms with Crippen LogP contribution in [0.2, 0.25) is 0 Å². The van der Waals surface area contributed by atoms with E-state index in [1.165, 1.54) is 12.8 Å². The Morgan fingerprint density at radius 3 is 2.66 bits per heavy atom. The molecule has 0 amide bonds. The number of hydrogen-bond acceptors (Lipinski definition) is 5. The lowest BCUT2D eigenvalue weighted by Crippen LogP contribution is -2.62. The van der Waals surface area contributed by atoms with Gasteiger partial charge in [-0.1, -0.05) is 45.4 Å². The zero-order valence-corrected chi connectivity index (χ0v) is 23.9. The second kappa shape index (κ2) is 10.1. The van der Waals surface area contributed by atoms with Crippen LogP contribution in [0.3, 0.4) is 0 Å². The Morgan fingerprint density at radius 2 is 1.87 bits per heavy atom. The van der Waals surface area contributed by atoms with E-state index in [9.17, 15) is 10.2 Å². The van der Waals surface area contributed by atoms with Gasteiger partial charge < -0.3 is 14.9 Å². The molecule has 11 atom stereocenters. The molecule has 1 heterocycles. The summed E-state index contributed by atoms with van der Waals surface area (Å²) in [5.41, 5.74) is 1.32. The van der Waals surface area contributed by atoms with E-state index >= 15 is 0 Å². The highest BCUT2D eigenvalue weighted by molar-refractivity contribution is 5.77. The van der Waals surface area contributed by atoms with Crippen molar-refractivity contribution < 1.29 is 14.9 Å². The minimum atomic E-state index is -0.254. The van der Waals surface area contributed by atoms with Crippen molar-refractivity contribution in [2.24, 2.45) is 46.3 Å². The summed E-state index contributed by atoms with van der Waals surface area (Å²) in [6, 6.07) is 8.24. The molecule has 0 bridgehead atoms. The van der Waals surface area contributed by atoms with Crippen LogP contribution >= 0.6 is 0 Å². The molecule has 38 heavy (non-hydrogen) atoms. The third-order valence-electron chi connectivity index (χ3n) is 12.5. The summed E-state index contributed by atoms with van der Waals surface area (Å²) < 4.78 is 6.42. The van der Waals surface area contributed by atoms with E-state index < -0.39 is 0 Å². The molecule has 6 rings (SSSR count). The highest BCUT2D eigenvalue weighted by Crippen LogP contribution is 2.69. The number of hydrogen-bond donors (Lipinski definition) is 2. The quantitative estimate of drug-likeness (QED) is 0.474. The third-order valence-corrected chi connectivity index (χ3v) is 12.5. The van der Waals surface area contributed by atoms with Crippen molar-refractivity contribution in [1.82, 2.24) is 9.97 Å². The lowest BCUT2D eigenvalue weighted by Gasteiger charge is -2.64. The van der Waals surface area contributed by atoms with Crippen LogP contribution in [-0.2, 0) is 11.2 Å². The summed E-state index contributed by atoms with van der Waals surface area (Å²) >= 11 is 0. The van der Waals surface area contributed by atoms with Crippen molar-refractivity contribution in [1.29, 1.82) is 0 Å². The SMILES string of the molecule is CC[C@H](CCc1ncc2ccccc2n1)[C@H]1CC[C@H]2[C@H]3C(C[C@H](OC)[C@]12C)[C@@]1(C)CC[C@@H](O)C[C@H]1C[C@H]3O. The number of rotatable bonds is 6. The van der Waals surface area contributed by atoms with Gasteiger partial charge in [-0.3, -0.25) is 0 Å². The molecule has 208 valence electrons. The van der Waals surface area contributed by atoms with Crippen LogP contribution in [0, 0.1) is 46.3 Å².